The molecule has 3 nitrogen and oxygen atoms in total. The Balaban J connectivity index is 2.46. The maximum Gasteiger partial charge on any atom is 0.266 e. The smallest absolute Gasteiger partial charge is 0.266 e. The summed E-state index contributed by atoms with van der Waals surface area (Å²) < 4.78 is 0.928. The second kappa shape index (κ2) is 5.23. The Morgan fingerprint density at radius 1 is 1.53 bits per heavy atom. The average molecular weight is 295 g/mol. The Labute approximate surface area is 121 Å². The number of amides is 1. The Morgan fingerprint density at radius 2 is 2.21 bits per heavy atom. The molecule has 1 heterocycles. The number of thiophene rings is 1. The number of nitrogens with zero attached hydrogens (tertiary/aromatic N) is 1. The molecule has 19 heavy (non-hydrogen) atoms. The van der Waals surface area contributed by atoms with Gasteiger partial charge in [0.15, 0.2) is 0 Å². The van der Waals surface area contributed by atoms with Crippen LogP contribution < -0.4 is 5.73 Å². The molecule has 0 atom stereocenters. The summed E-state index contributed by atoms with van der Waals surface area (Å²) in [6.45, 7) is 6.21. The van der Waals surface area contributed by atoms with Gasteiger partial charge in [0, 0.05) is 23.7 Å². The van der Waals surface area contributed by atoms with E-state index in [0.717, 1.165) is 15.7 Å². The van der Waals surface area contributed by atoms with Crippen molar-refractivity contribution in [2.75, 3.05) is 19.3 Å². The van der Waals surface area contributed by atoms with E-state index in [1.54, 1.807) is 18.0 Å². The molecular weight excluding hydrogens is 280 g/mol. The van der Waals surface area contributed by atoms with Gasteiger partial charge >= 0.3 is 0 Å². The van der Waals surface area contributed by atoms with Crippen molar-refractivity contribution in [3.05, 3.63) is 40.3 Å². The summed E-state index contributed by atoms with van der Waals surface area (Å²) in [5, 5.41) is 1.34. The summed E-state index contributed by atoms with van der Waals surface area (Å²) in [6.07, 6.45) is 0. The van der Waals surface area contributed by atoms with E-state index >= 15 is 0 Å². The average Bonchev–Trinajstić information content (AvgIpc) is 2.66. The molecule has 0 fully saturated rings. The number of hydrogen-bond donors (Lipinski definition) is 1. The number of hydrogen-bond acceptors (Lipinski definition) is 3. The van der Waals surface area contributed by atoms with Crippen molar-refractivity contribution in [1.29, 1.82) is 0 Å². The van der Waals surface area contributed by atoms with Gasteiger partial charge in [-0.25, -0.2) is 0 Å². The number of carbonyl (C=O) groups is 1. The van der Waals surface area contributed by atoms with Crippen molar-refractivity contribution >= 4 is 44.6 Å². The molecule has 2 rings (SSSR count). The number of halogens is 1. The van der Waals surface area contributed by atoms with Gasteiger partial charge in [-0.3, -0.25) is 4.79 Å². The molecule has 2 N–H and O–H groups in total. The normalized spacial score (nSPS) is 10.7. The number of anilines is 1. The second-order valence-electron chi connectivity index (χ2n) is 4.58. The standard InChI is InChI=1S/C14H15ClN2OS/c1-8(2)7-17(3)14(18)13-12(16)11-9(15)5-4-6-10(11)19-13/h4-6H,1,7,16H2,2-3H3. The van der Waals surface area contributed by atoms with Gasteiger partial charge in [0.05, 0.1) is 10.7 Å². The number of nitrogen functional groups attached to an aromatic ring is 1. The van der Waals surface area contributed by atoms with E-state index in [4.69, 9.17) is 17.3 Å². The maximum absolute atomic E-state index is 12.4. The molecule has 0 saturated carbocycles. The van der Waals surface area contributed by atoms with Crippen LogP contribution in [0.4, 0.5) is 5.69 Å². The highest BCUT2D eigenvalue weighted by molar-refractivity contribution is 7.21. The van der Waals surface area contributed by atoms with Crippen molar-refractivity contribution in [2.45, 2.75) is 6.92 Å². The zero-order valence-corrected chi connectivity index (χ0v) is 12.4. The lowest BCUT2D eigenvalue weighted by atomic mass is 10.2. The minimum absolute atomic E-state index is 0.0993. The minimum Gasteiger partial charge on any atom is -0.397 e. The molecule has 5 heteroatoms. The van der Waals surface area contributed by atoms with Crippen LogP contribution >= 0.6 is 22.9 Å². The van der Waals surface area contributed by atoms with E-state index in [-0.39, 0.29) is 5.91 Å². The molecular formula is C14H15ClN2OS. The molecule has 0 aliphatic heterocycles. The van der Waals surface area contributed by atoms with Crippen molar-refractivity contribution in [3.63, 3.8) is 0 Å². The predicted molar refractivity (Wildman–Crippen MR) is 83.0 cm³/mol. The van der Waals surface area contributed by atoms with E-state index in [1.807, 2.05) is 19.1 Å². The van der Waals surface area contributed by atoms with Crippen molar-refractivity contribution < 1.29 is 4.79 Å². The van der Waals surface area contributed by atoms with Crippen molar-refractivity contribution in [3.8, 4) is 0 Å². The first-order valence-electron chi connectivity index (χ1n) is 5.78. The van der Waals surface area contributed by atoms with Gasteiger partial charge in [0.2, 0.25) is 0 Å². The third-order valence-electron chi connectivity index (χ3n) is 2.75. The lowest BCUT2D eigenvalue weighted by Crippen LogP contribution is -2.27. The molecule has 0 aliphatic rings. The molecule has 0 unspecified atom stereocenters. The van der Waals surface area contributed by atoms with Gasteiger partial charge in [0.1, 0.15) is 4.88 Å². The first kappa shape index (κ1) is 13.9. The molecule has 1 amide bonds. The number of benzene rings is 1. The van der Waals surface area contributed by atoms with E-state index in [0.29, 0.717) is 22.1 Å². The topological polar surface area (TPSA) is 46.3 Å². The third-order valence-corrected chi connectivity index (χ3v) is 4.22. The van der Waals surface area contributed by atoms with Crippen LogP contribution in [0.25, 0.3) is 10.1 Å². The van der Waals surface area contributed by atoms with Gasteiger partial charge in [-0.05, 0) is 19.1 Å². The SMILES string of the molecule is C=C(C)CN(C)C(=O)c1sc2cccc(Cl)c2c1N. The van der Waals surface area contributed by atoms with Crippen LogP contribution in [0.2, 0.25) is 5.02 Å². The molecule has 1 aromatic carbocycles. The Kier molecular flexibility index (Phi) is 3.83. The van der Waals surface area contributed by atoms with Gasteiger partial charge in [-0.2, -0.15) is 0 Å². The number of carbonyl (C=O) groups excluding carboxylic acids is 1. The maximum atomic E-state index is 12.4. The van der Waals surface area contributed by atoms with E-state index in [1.165, 1.54) is 11.3 Å². The lowest BCUT2D eigenvalue weighted by molar-refractivity contribution is 0.0812. The van der Waals surface area contributed by atoms with Gasteiger partial charge in [0.25, 0.3) is 5.91 Å². The van der Waals surface area contributed by atoms with Crippen LogP contribution in [0.5, 0.6) is 0 Å². The zero-order valence-electron chi connectivity index (χ0n) is 10.9. The van der Waals surface area contributed by atoms with E-state index in [9.17, 15) is 4.79 Å². The fourth-order valence-electron chi connectivity index (χ4n) is 1.94. The first-order chi connectivity index (χ1) is 8.91. The fourth-order valence-corrected chi connectivity index (χ4v) is 3.41. The molecule has 0 bridgehead atoms. The number of likely N-dealkylation sites (N-methyl/N-ethyl adjacent to an activating group) is 1. The lowest BCUT2D eigenvalue weighted by Gasteiger charge is -2.16. The molecule has 100 valence electrons. The molecule has 0 radical (unpaired) electrons. The highest BCUT2D eigenvalue weighted by Crippen LogP contribution is 2.38. The highest BCUT2D eigenvalue weighted by Gasteiger charge is 2.20. The van der Waals surface area contributed by atoms with Gasteiger partial charge in [-0.15, -0.1) is 11.3 Å². The zero-order chi connectivity index (χ0) is 14.2. The van der Waals surface area contributed by atoms with Crippen LogP contribution in [0, 0.1) is 0 Å². The van der Waals surface area contributed by atoms with Crippen LogP contribution in [-0.2, 0) is 0 Å². The summed E-state index contributed by atoms with van der Waals surface area (Å²) in [5.74, 6) is -0.0993. The van der Waals surface area contributed by atoms with Crippen LogP contribution in [-0.4, -0.2) is 24.4 Å². The highest BCUT2D eigenvalue weighted by atomic mass is 35.5. The van der Waals surface area contributed by atoms with Gasteiger partial charge < -0.3 is 10.6 Å². The monoisotopic (exact) mass is 294 g/mol. The van der Waals surface area contributed by atoms with E-state index < -0.39 is 0 Å². The summed E-state index contributed by atoms with van der Waals surface area (Å²) in [7, 11) is 1.74. The molecule has 1 aromatic heterocycles. The van der Waals surface area contributed by atoms with Crippen molar-refractivity contribution in [1.82, 2.24) is 4.90 Å². The van der Waals surface area contributed by atoms with Crippen molar-refractivity contribution in [2.24, 2.45) is 0 Å². The number of fused-ring (bicyclic) bond motifs is 1. The largest absolute Gasteiger partial charge is 0.397 e. The Hall–Kier alpha value is -1.52. The molecule has 0 spiro atoms. The molecule has 2 aromatic rings. The predicted octanol–water partition coefficient (Wildman–Crippen LogP) is 3.79. The summed E-state index contributed by atoms with van der Waals surface area (Å²) >= 11 is 7.50. The molecule has 0 aliphatic carbocycles. The summed E-state index contributed by atoms with van der Waals surface area (Å²) in [5.41, 5.74) is 7.45. The van der Waals surface area contributed by atoms with Crippen LogP contribution in [0.15, 0.2) is 30.4 Å². The minimum atomic E-state index is -0.0993. The van der Waals surface area contributed by atoms with E-state index in [2.05, 4.69) is 6.58 Å². The fraction of sp³-hybridized carbons (Fsp3) is 0.214. The van der Waals surface area contributed by atoms with Gasteiger partial charge in [-0.1, -0.05) is 29.8 Å². The first-order valence-corrected chi connectivity index (χ1v) is 6.97. The van der Waals surface area contributed by atoms with Crippen LogP contribution in [0.3, 0.4) is 0 Å². The molecule has 0 saturated heterocycles. The van der Waals surface area contributed by atoms with Crippen LogP contribution in [0.1, 0.15) is 16.6 Å². The Morgan fingerprint density at radius 3 is 2.79 bits per heavy atom. The second-order valence-corrected chi connectivity index (χ2v) is 6.04. The number of rotatable bonds is 3. The third kappa shape index (κ3) is 2.60. The Bertz CT molecular complexity index is 663. The quantitative estimate of drug-likeness (QED) is 0.876. The summed E-state index contributed by atoms with van der Waals surface area (Å²) in [4.78, 5) is 14.5. The number of nitrogens with two attached hydrogens (primary N) is 1. The summed E-state index contributed by atoms with van der Waals surface area (Å²) in [6, 6.07) is 5.54.